The number of aliphatic imine (C=N–C) groups is 1. The fourth-order valence-electron chi connectivity index (χ4n) is 3.58. The molecule has 0 saturated carbocycles. The Morgan fingerprint density at radius 1 is 1.19 bits per heavy atom. The lowest BCUT2D eigenvalue weighted by atomic mass is 9.87. The molecule has 164 valence electrons. The van der Waals surface area contributed by atoms with Crippen molar-refractivity contribution >= 4 is 28.7 Å². The van der Waals surface area contributed by atoms with Gasteiger partial charge in [0, 0.05) is 42.2 Å². The molecule has 5 heteroatoms. The summed E-state index contributed by atoms with van der Waals surface area (Å²) in [4.78, 5) is 12.4. The van der Waals surface area contributed by atoms with Gasteiger partial charge in [0.1, 0.15) is 0 Å². The van der Waals surface area contributed by atoms with Gasteiger partial charge in [-0.2, -0.15) is 0 Å². The molecule has 1 aromatic carbocycles. The smallest absolute Gasteiger partial charge is 0.212 e. The molecule has 0 radical (unpaired) electrons. The van der Waals surface area contributed by atoms with Gasteiger partial charge >= 0.3 is 0 Å². The van der Waals surface area contributed by atoms with Crippen molar-refractivity contribution in [1.82, 2.24) is 9.88 Å². The Kier molecular flexibility index (Phi) is 7.60. The minimum absolute atomic E-state index is 0.397. The SMILES string of the molecule is CCN(C)C=Nc1cc(C)c(CC2=CSC(c3ccc(OC)nc3)=C(C)C2C)cc1C. The maximum Gasteiger partial charge on any atom is 0.212 e. The summed E-state index contributed by atoms with van der Waals surface area (Å²) in [5.41, 5.74) is 8.94. The number of allylic oxidation sites excluding steroid dienone is 2. The summed E-state index contributed by atoms with van der Waals surface area (Å²) < 4.78 is 5.19. The highest BCUT2D eigenvalue weighted by Crippen LogP contribution is 2.43. The summed E-state index contributed by atoms with van der Waals surface area (Å²) in [6.45, 7) is 12.0. The topological polar surface area (TPSA) is 37.7 Å². The van der Waals surface area contributed by atoms with Crippen LogP contribution < -0.4 is 4.74 Å². The van der Waals surface area contributed by atoms with E-state index in [1.54, 1.807) is 18.9 Å². The monoisotopic (exact) mass is 435 g/mol. The molecule has 2 heterocycles. The first-order valence-corrected chi connectivity index (χ1v) is 11.6. The number of pyridine rings is 1. The van der Waals surface area contributed by atoms with E-state index >= 15 is 0 Å². The van der Waals surface area contributed by atoms with Crippen molar-refractivity contribution in [3.05, 3.63) is 69.3 Å². The van der Waals surface area contributed by atoms with Gasteiger partial charge in [0.15, 0.2) is 0 Å². The second-order valence-corrected chi connectivity index (χ2v) is 9.07. The summed E-state index contributed by atoms with van der Waals surface area (Å²) in [5.74, 6) is 1.04. The number of aromatic nitrogens is 1. The van der Waals surface area contributed by atoms with Gasteiger partial charge in [-0.05, 0) is 68.3 Å². The van der Waals surface area contributed by atoms with E-state index in [-0.39, 0.29) is 0 Å². The van der Waals surface area contributed by atoms with Crippen LogP contribution in [0.1, 0.15) is 43.0 Å². The molecule has 0 saturated heterocycles. The van der Waals surface area contributed by atoms with Gasteiger partial charge in [-0.1, -0.05) is 35.9 Å². The zero-order valence-electron chi connectivity index (χ0n) is 19.7. The Hall–Kier alpha value is -2.53. The Balaban J connectivity index is 1.78. The minimum Gasteiger partial charge on any atom is -0.481 e. The molecule has 0 spiro atoms. The van der Waals surface area contributed by atoms with Crippen molar-refractivity contribution in [2.75, 3.05) is 20.7 Å². The van der Waals surface area contributed by atoms with E-state index in [4.69, 9.17) is 4.74 Å². The first-order valence-electron chi connectivity index (χ1n) is 10.7. The fourth-order valence-corrected chi connectivity index (χ4v) is 4.76. The molecule has 1 aliphatic rings. The maximum atomic E-state index is 5.19. The lowest BCUT2D eigenvalue weighted by molar-refractivity contribution is 0.398. The molecule has 0 amide bonds. The van der Waals surface area contributed by atoms with Crippen LogP contribution in [0.4, 0.5) is 5.69 Å². The highest BCUT2D eigenvalue weighted by Gasteiger charge is 2.22. The van der Waals surface area contributed by atoms with E-state index in [2.05, 4.69) is 73.1 Å². The molecule has 1 atom stereocenters. The maximum absolute atomic E-state index is 5.19. The molecular weight excluding hydrogens is 402 g/mol. The normalized spacial score (nSPS) is 16.6. The molecule has 31 heavy (non-hydrogen) atoms. The number of benzene rings is 1. The summed E-state index contributed by atoms with van der Waals surface area (Å²) in [6.07, 6.45) is 4.78. The largest absolute Gasteiger partial charge is 0.481 e. The summed E-state index contributed by atoms with van der Waals surface area (Å²) in [5, 5.41) is 2.33. The van der Waals surface area contributed by atoms with E-state index in [0.29, 0.717) is 11.8 Å². The molecule has 1 aliphatic heterocycles. The van der Waals surface area contributed by atoms with Gasteiger partial charge in [0.05, 0.1) is 19.1 Å². The van der Waals surface area contributed by atoms with Gasteiger partial charge < -0.3 is 9.64 Å². The highest BCUT2D eigenvalue weighted by atomic mass is 32.2. The summed E-state index contributed by atoms with van der Waals surface area (Å²) in [6, 6.07) is 8.53. The third-order valence-electron chi connectivity index (χ3n) is 6.04. The van der Waals surface area contributed by atoms with Crippen LogP contribution in [0.3, 0.4) is 0 Å². The molecular formula is C26H33N3OS. The standard InChI is InChI=1S/C26H33N3OS/c1-8-29(6)16-28-24-12-17(2)22(11-18(24)3)13-23-15-31-26(20(5)19(23)4)21-9-10-25(30-7)27-14-21/h9-12,14-16,19H,8,13H2,1-7H3. The Bertz CT molecular complexity index is 1020. The van der Waals surface area contributed by atoms with E-state index in [9.17, 15) is 0 Å². The fraction of sp³-hybridized carbons (Fsp3) is 0.385. The first kappa shape index (κ1) is 23.1. The second kappa shape index (κ2) is 10.2. The first-order chi connectivity index (χ1) is 14.8. The third-order valence-corrected chi connectivity index (χ3v) is 7.26. The van der Waals surface area contributed by atoms with Crippen molar-refractivity contribution < 1.29 is 4.74 Å². The Morgan fingerprint density at radius 2 is 1.97 bits per heavy atom. The lowest BCUT2D eigenvalue weighted by Gasteiger charge is -2.26. The average Bonchev–Trinajstić information content (AvgIpc) is 2.78. The summed E-state index contributed by atoms with van der Waals surface area (Å²) in [7, 11) is 3.69. The molecule has 0 fully saturated rings. The van der Waals surface area contributed by atoms with Crippen molar-refractivity contribution in [1.29, 1.82) is 0 Å². The zero-order chi connectivity index (χ0) is 22.5. The van der Waals surface area contributed by atoms with E-state index in [0.717, 1.165) is 24.2 Å². The predicted molar refractivity (Wildman–Crippen MR) is 134 cm³/mol. The number of rotatable bonds is 7. The third kappa shape index (κ3) is 5.40. The number of ether oxygens (including phenoxy) is 1. The van der Waals surface area contributed by atoms with Crippen LogP contribution in [0.25, 0.3) is 4.91 Å². The average molecular weight is 436 g/mol. The molecule has 1 aromatic heterocycles. The van der Waals surface area contributed by atoms with Gasteiger partial charge in [-0.15, -0.1) is 0 Å². The molecule has 1 unspecified atom stereocenters. The van der Waals surface area contributed by atoms with E-state index in [1.165, 1.54) is 32.7 Å². The minimum atomic E-state index is 0.397. The highest BCUT2D eigenvalue weighted by molar-refractivity contribution is 8.11. The van der Waals surface area contributed by atoms with Gasteiger partial charge in [-0.3, -0.25) is 0 Å². The summed E-state index contributed by atoms with van der Waals surface area (Å²) >= 11 is 1.80. The van der Waals surface area contributed by atoms with Crippen molar-refractivity contribution in [2.45, 2.75) is 41.0 Å². The van der Waals surface area contributed by atoms with Crippen LogP contribution >= 0.6 is 11.8 Å². The van der Waals surface area contributed by atoms with Crippen LogP contribution in [0.15, 0.2) is 52.0 Å². The number of nitrogens with zero attached hydrogens (tertiary/aromatic N) is 3. The second-order valence-electron chi connectivity index (χ2n) is 8.19. The van der Waals surface area contributed by atoms with Gasteiger partial charge in [0.25, 0.3) is 0 Å². The molecule has 0 aliphatic carbocycles. The number of aryl methyl sites for hydroxylation is 2. The molecule has 0 bridgehead atoms. The zero-order valence-corrected chi connectivity index (χ0v) is 20.5. The van der Waals surface area contributed by atoms with Crippen molar-refractivity contribution in [2.24, 2.45) is 10.9 Å². The van der Waals surface area contributed by atoms with Crippen LogP contribution in [-0.2, 0) is 6.42 Å². The molecule has 0 N–H and O–H groups in total. The lowest BCUT2D eigenvalue weighted by Crippen LogP contribution is -2.14. The van der Waals surface area contributed by atoms with Crippen LogP contribution in [0.5, 0.6) is 5.88 Å². The van der Waals surface area contributed by atoms with Gasteiger partial charge in [0.2, 0.25) is 5.88 Å². The number of hydrogen-bond donors (Lipinski definition) is 0. The van der Waals surface area contributed by atoms with Crippen LogP contribution in [0.2, 0.25) is 0 Å². The van der Waals surface area contributed by atoms with E-state index in [1.807, 2.05) is 25.6 Å². The molecule has 3 rings (SSSR count). The van der Waals surface area contributed by atoms with E-state index < -0.39 is 0 Å². The quantitative estimate of drug-likeness (QED) is 0.365. The molecule has 4 nitrogen and oxygen atoms in total. The Morgan fingerprint density at radius 3 is 2.61 bits per heavy atom. The van der Waals surface area contributed by atoms with Crippen LogP contribution in [0, 0.1) is 19.8 Å². The Labute approximate surface area is 191 Å². The number of thioether (sulfide) groups is 1. The molecule has 2 aromatic rings. The van der Waals surface area contributed by atoms with Crippen LogP contribution in [-0.4, -0.2) is 36.9 Å². The van der Waals surface area contributed by atoms with Crippen molar-refractivity contribution in [3.63, 3.8) is 0 Å². The van der Waals surface area contributed by atoms with Crippen molar-refractivity contribution in [3.8, 4) is 5.88 Å². The number of methoxy groups -OCH3 is 1. The van der Waals surface area contributed by atoms with Gasteiger partial charge in [-0.25, -0.2) is 9.98 Å². The number of hydrogen-bond acceptors (Lipinski definition) is 4. The predicted octanol–water partition coefficient (Wildman–Crippen LogP) is 6.56.